The number of nitrogens with zero attached hydrogens (tertiary/aromatic N) is 2. The highest BCUT2D eigenvalue weighted by molar-refractivity contribution is 6.33. The summed E-state index contributed by atoms with van der Waals surface area (Å²) in [6.45, 7) is 0.824. The molecule has 0 saturated carbocycles. The van der Waals surface area contributed by atoms with Gasteiger partial charge in [-0.15, -0.1) is 0 Å². The second-order valence-electron chi connectivity index (χ2n) is 7.10. The maximum Gasteiger partial charge on any atom is 0.417 e. The summed E-state index contributed by atoms with van der Waals surface area (Å²) in [5, 5.41) is 12.7. The van der Waals surface area contributed by atoms with Crippen molar-refractivity contribution in [1.82, 2.24) is 10.3 Å². The minimum Gasteiger partial charge on any atom is -0.387 e. The van der Waals surface area contributed by atoms with E-state index < -0.39 is 23.7 Å². The summed E-state index contributed by atoms with van der Waals surface area (Å²) >= 11 is 5.99. The predicted octanol–water partition coefficient (Wildman–Crippen LogP) is 3.96. The summed E-state index contributed by atoms with van der Waals surface area (Å²) in [4.78, 5) is 18.0. The lowest BCUT2D eigenvalue weighted by Crippen LogP contribution is -2.42. The molecular formula is C20H20ClF4N3O2. The van der Waals surface area contributed by atoms with Crippen molar-refractivity contribution in [3.63, 3.8) is 0 Å². The first-order valence-electron chi connectivity index (χ1n) is 9.34. The number of carbonyl (C=O) groups excluding carboxylic acids is 1. The zero-order valence-corrected chi connectivity index (χ0v) is 16.5. The molecule has 2 heterocycles. The number of aliphatic hydroxyl groups is 1. The third-order valence-corrected chi connectivity index (χ3v) is 5.32. The number of alkyl halides is 3. The molecule has 30 heavy (non-hydrogen) atoms. The van der Waals surface area contributed by atoms with Gasteiger partial charge in [-0.2, -0.15) is 13.2 Å². The van der Waals surface area contributed by atoms with E-state index in [-0.39, 0.29) is 29.2 Å². The first-order chi connectivity index (χ1) is 14.1. The number of nitrogens with one attached hydrogen (secondary N) is 1. The van der Waals surface area contributed by atoms with Crippen LogP contribution in [0.2, 0.25) is 5.02 Å². The van der Waals surface area contributed by atoms with Gasteiger partial charge in [-0.1, -0.05) is 23.7 Å². The molecule has 5 nitrogen and oxygen atoms in total. The summed E-state index contributed by atoms with van der Waals surface area (Å²) in [5.74, 6) is -0.670. The van der Waals surface area contributed by atoms with Crippen LogP contribution in [0, 0.1) is 11.7 Å². The van der Waals surface area contributed by atoms with Gasteiger partial charge >= 0.3 is 6.18 Å². The highest BCUT2D eigenvalue weighted by Gasteiger charge is 2.33. The van der Waals surface area contributed by atoms with Crippen LogP contribution in [-0.4, -0.2) is 35.6 Å². The second kappa shape index (κ2) is 9.18. The summed E-state index contributed by atoms with van der Waals surface area (Å²) in [6, 6.07) is 6.21. The van der Waals surface area contributed by atoms with Crippen LogP contribution >= 0.6 is 11.6 Å². The lowest BCUT2D eigenvalue weighted by molar-refractivity contribution is -0.137. The van der Waals surface area contributed by atoms with Gasteiger partial charge < -0.3 is 15.3 Å². The molecule has 1 aliphatic heterocycles. The van der Waals surface area contributed by atoms with E-state index >= 15 is 0 Å². The summed E-state index contributed by atoms with van der Waals surface area (Å²) < 4.78 is 51.2. The molecule has 10 heteroatoms. The Morgan fingerprint density at radius 2 is 1.90 bits per heavy atom. The van der Waals surface area contributed by atoms with Crippen molar-refractivity contribution in [1.29, 1.82) is 0 Å². The van der Waals surface area contributed by atoms with E-state index in [1.807, 2.05) is 0 Å². The number of benzene rings is 1. The van der Waals surface area contributed by atoms with Gasteiger partial charge in [0.15, 0.2) is 0 Å². The third kappa shape index (κ3) is 5.40. The standard InChI is InChI=1S/C20H20ClF4N3O2/c21-16-9-14(20(23,24)25)10-26-18(16)28-7-5-13(6-8-28)19(30)27-11-17(29)12-1-3-15(22)4-2-12/h1-4,9-10,13,17,29H,5-8,11H2,(H,27,30). The van der Waals surface area contributed by atoms with Crippen molar-refractivity contribution >= 4 is 23.3 Å². The molecule has 1 aromatic carbocycles. The van der Waals surface area contributed by atoms with Gasteiger partial charge in [0.05, 0.1) is 16.7 Å². The number of anilines is 1. The number of pyridine rings is 1. The minimum atomic E-state index is -4.52. The monoisotopic (exact) mass is 445 g/mol. The Bertz CT molecular complexity index is 885. The molecule has 1 amide bonds. The summed E-state index contributed by atoms with van der Waals surface area (Å²) in [7, 11) is 0. The fourth-order valence-electron chi connectivity index (χ4n) is 3.32. The topological polar surface area (TPSA) is 65.5 Å². The molecule has 1 aromatic heterocycles. The van der Waals surface area contributed by atoms with Crippen molar-refractivity contribution in [3.8, 4) is 0 Å². The largest absolute Gasteiger partial charge is 0.417 e. The number of aromatic nitrogens is 1. The Hall–Kier alpha value is -2.39. The number of piperidine rings is 1. The summed E-state index contributed by atoms with van der Waals surface area (Å²) in [6.07, 6.45) is -3.78. The molecule has 162 valence electrons. The van der Waals surface area contributed by atoms with Crippen LogP contribution in [0.15, 0.2) is 36.5 Å². The van der Waals surface area contributed by atoms with Crippen molar-refractivity contribution in [2.45, 2.75) is 25.1 Å². The Labute approximate surface area is 175 Å². The Balaban J connectivity index is 1.51. The number of rotatable bonds is 5. The smallest absolute Gasteiger partial charge is 0.387 e. The minimum absolute atomic E-state index is 0.00301. The van der Waals surface area contributed by atoms with Gasteiger partial charge in [0.25, 0.3) is 0 Å². The van der Waals surface area contributed by atoms with Crippen molar-refractivity contribution < 1.29 is 27.5 Å². The number of carbonyl (C=O) groups is 1. The normalized spacial score (nSPS) is 16.4. The lowest BCUT2D eigenvalue weighted by Gasteiger charge is -2.32. The van der Waals surface area contributed by atoms with Crippen LogP contribution in [0.1, 0.15) is 30.1 Å². The molecule has 0 bridgehead atoms. The highest BCUT2D eigenvalue weighted by atomic mass is 35.5. The van der Waals surface area contributed by atoms with Crippen LogP contribution in [0.5, 0.6) is 0 Å². The second-order valence-corrected chi connectivity index (χ2v) is 7.51. The SMILES string of the molecule is O=C(NCC(O)c1ccc(F)cc1)C1CCN(c2ncc(C(F)(F)F)cc2Cl)CC1. The number of hydrogen-bond acceptors (Lipinski definition) is 4. The zero-order chi connectivity index (χ0) is 21.9. The first-order valence-corrected chi connectivity index (χ1v) is 9.72. The Morgan fingerprint density at radius 1 is 1.27 bits per heavy atom. The molecule has 0 radical (unpaired) electrons. The average Bonchev–Trinajstić information content (AvgIpc) is 2.71. The molecule has 1 unspecified atom stereocenters. The van der Waals surface area contributed by atoms with E-state index in [1.165, 1.54) is 24.3 Å². The van der Waals surface area contributed by atoms with Crippen LogP contribution in [-0.2, 0) is 11.0 Å². The maximum absolute atomic E-state index is 12.9. The molecule has 2 N–H and O–H groups in total. The quantitative estimate of drug-likeness (QED) is 0.684. The van der Waals surface area contributed by atoms with Crippen LogP contribution in [0.25, 0.3) is 0 Å². The number of halogens is 5. The van der Waals surface area contributed by atoms with Gasteiger partial charge in [-0.3, -0.25) is 4.79 Å². The van der Waals surface area contributed by atoms with E-state index in [9.17, 15) is 27.5 Å². The van der Waals surface area contributed by atoms with Crippen LogP contribution in [0.4, 0.5) is 23.4 Å². The fourth-order valence-corrected chi connectivity index (χ4v) is 3.60. The van der Waals surface area contributed by atoms with Gasteiger partial charge in [0, 0.05) is 31.7 Å². The summed E-state index contributed by atoms with van der Waals surface area (Å²) in [5.41, 5.74) is -0.417. The van der Waals surface area contributed by atoms with E-state index in [1.54, 1.807) is 4.90 Å². The Kier molecular flexibility index (Phi) is 6.82. The molecule has 0 spiro atoms. The van der Waals surface area contributed by atoms with Crippen LogP contribution < -0.4 is 10.2 Å². The van der Waals surface area contributed by atoms with Gasteiger partial charge in [-0.05, 0) is 36.6 Å². The molecule has 1 atom stereocenters. The molecule has 1 saturated heterocycles. The van der Waals surface area contributed by atoms with Crippen molar-refractivity contribution in [2.75, 3.05) is 24.5 Å². The van der Waals surface area contributed by atoms with E-state index in [4.69, 9.17) is 11.6 Å². The molecule has 0 aliphatic carbocycles. The van der Waals surface area contributed by atoms with Crippen molar-refractivity contribution in [3.05, 3.63) is 58.5 Å². The third-order valence-electron chi connectivity index (χ3n) is 5.04. The zero-order valence-electron chi connectivity index (χ0n) is 15.8. The molecule has 1 aliphatic rings. The number of hydrogen-bond donors (Lipinski definition) is 2. The first kappa shape index (κ1) is 22.3. The molecule has 3 rings (SSSR count). The van der Waals surface area contributed by atoms with Gasteiger partial charge in [0.1, 0.15) is 11.6 Å². The Morgan fingerprint density at radius 3 is 2.47 bits per heavy atom. The van der Waals surface area contributed by atoms with E-state index in [2.05, 4.69) is 10.3 Å². The lowest BCUT2D eigenvalue weighted by atomic mass is 9.95. The number of aliphatic hydroxyl groups excluding tert-OH is 1. The highest BCUT2D eigenvalue weighted by Crippen LogP contribution is 2.34. The maximum atomic E-state index is 12.9. The van der Waals surface area contributed by atoms with Gasteiger partial charge in [-0.25, -0.2) is 9.37 Å². The van der Waals surface area contributed by atoms with E-state index in [0.29, 0.717) is 31.5 Å². The molecule has 1 fully saturated rings. The fraction of sp³-hybridized carbons (Fsp3) is 0.400. The number of amides is 1. The van der Waals surface area contributed by atoms with E-state index in [0.717, 1.165) is 12.3 Å². The molecular weight excluding hydrogens is 426 g/mol. The predicted molar refractivity (Wildman–Crippen MR) is 104 cm³/mol. The van der Waals surface area contributed by atoms with Crippen LogP contribution in [0.3, 0.4) is 0 Å². The molecule has 2 aromatic rings. The van der Waals surface area contributed by atoms with Gasteiger partial charge in [0.2, 0.25) is 5.91 Å². The van der Waals surface area contributed by atoms with Crippen molar-refractivity contribution in [2.24, 2.45) is 5.92 Å². The average molecular weight is 446 g/mol.